The zero-order valence-electron chi connectivity index (χ0n) is 7.28. The molecule has 0 aromatic rings. The highest BCUT2D eigenvalue weighted by molar-refractivity contribution is 7.89. The van der Waals surface area contributed by atoms with Gasteiger partial charge in [0.15, 0.2) is 0 Å². The standard InChI is InChI=1S/C6H14N2O3S/c1-3-8(5-6(7)9)12(10,11)4-2/h3-5H2,1-2H3,(H2,7,9). The molecule has 0 radical (unpaired) electrons. The van der Waals surface area contributed by atoms with Gasteiger partial charge in [-0.2, -0.15) is 4.31 Å². The Hall–Kier alpha value is -0.620. The van der Waals surface area contributed by atoms with E-state index in [1.165, 1.54) is 6.92 Å². The van der Waals surface area contributed by atoms with Gasteiger partial charge in [0.1, 0.15) is 0 Å². The third-order valence-electron chi connectivity index (χ3n) is 1.44. The second-order valence-electron chi connectivity index (χ2n) is 2.29. The minimum Gasteiger partial charge on any atom is -0.369 e. The first kappa shape index (κ1) is 11.4. The second-order valence-corrected chi connectivity index (χ2v) is 4.55. The molecule has 0 aromatic carbocycles. The Morgan fingerprint density at radius 2 is 1.92 bits per heavy atom. The molecule has 0 atom stereocenters. The van der Waals surface area contributed by atoms with E-state index in [0.717, 1.165) is 4.31 Å². The minimum absolute atomic E-state index is 0.00583. The number of carbonyl (C=O) groups is 1. The van der Waals surface area contributed by atoms with E-state index in [0.29, 0.717) is 0 Å². The largest absolute Gasteiger partial charge is 0.369 e. The fourth-order valence-corrected chi connectivity index (χ4v) is 1.85. The number of amides is 1. The summed E-state index contributed by atoms with van der Waals surface area (Å²) in [6, 6.07) is 0. The molecule has 0 spiro atoms. The molecule has 6 heteroatoms. The Bertz CT molecular complexity index is 248. The highest BCUT2D eigenvalue weighted by atomic mass is 32.2. The molecule has 0 aliphatic rings. The lowest BCUT2D eigenvalue weighted by atomic mass is 10.6. The monoisotopic (exact) mass is 194 g/mol. The molecule has 0 fully saturated rings. The van der Waals surface area contributed by atoms with E-state index in [-0.39, 0.29) is 18.8 Å². The third kappa shape index (κ3) is 3.19. The molecular weight excluding hydrogens is 180 g/mol. The van der Waals surface area contributed by atoms with Crippen LogP contribution in [0, 0.1) is 0 Å². The van der Waals surface area contributed by atoms with Crippen LogP contribution in [-0.2, 0) is 14.8 Å². The maximum Gasteiger partial charge on any atom is 0.232 e. The van der Waals surface area contributed by atoms with Crippen LogP contribution in [-0.4, -0.2) is 37.5 Å². The predicted molar refractivity (Wildman–Crippen MR) is 45.9 cm³/mol. The van der Waals surface area contributed by atoms with E-state index in [2.05, 4.69) is 0 Å². The number of likely N-dealkylation sites (N-methyl/N-ethyl adjacent to an activating group) is 1. The number of sulfonamides is 1. The zero-order chi connectivity index (χ0) is 9.78. The molecule has 0 saturated carbocycles. The van der Waals surface area contributed by atoms with Crippen LogP contribution in [0.25, 0.3) is 0 Å². The number of nitrogens with zero attached hydrogens (tertiary/aromatic N) is 1. The van der Waals surface area contributed by atoms with E-state index in [1.54, 1.807) is 6.92 Å². The summed E-state index contributed by atoms with van der Waals surface area (Å²) < 4.78 is 23.4. The summed E-state index contributed by atoms with van der Waals surface area (Å²) in [6.45, 7) is 3.24. The van der Waals surface area contributed by atoms with Crippen LogP contribution in [0.4, 0.5) is 0 Å². The number of hydrogen-bond acceptors (Lipinski definition) is 3. The minimum atomic E-state index is -3.27. The third-order valence-corrected chi connectivity index (χ3v) is 3.35. The van der Waals surface area contributed by atoms with Gasteiger partial charge in [-0.05, 0) is 6.92 Å². The van der Waals surface area contributed by atoms with Crippen molar-refractivity contribution in [2.75, 3.05) is 18.8 Å². The molecule has 0 heterocycles. The molecule has 0 unspecified atom stereocenters. The molecule has 0 bridgehead atoms. The van der Waals surface area contributed by atoms with Crippen molar-refractivity contribution in [1.82, 2.24) is 4.31 Å². The van der Waals surface area contributed by atoms with E-state index in [1.807, 2.05) is 0 Å². The molecule has 0 saturated heterocycles. The van der Waals surface area contributed by atoms with Crippen molar-refractivity contribution in [1.29, 1.82) is 0 Å². The molecule has 5 nitrogen and oxygen atoms in total. The number of nitrogens with two attached hydrogens (primary N) is 1. The quantitative estimate of drug-likeness (QED) is 0.618. The van der Waals surface area contributed by atoms with E-state index in [4.69, 9.17) is 5.73 Å². The molecule has 0 aliphatic carbocycles. The van der Waals surface area contributed by atoms with Crippen LogP contribution < -0.4 is 5.73 Å². The van der Waals surface area contributed by atoms with Gasteiger partial charge in [0.05, 0.1) is 12.3 Å². The van der Waals surface area contributed by atoms with Crippen LogP contribution in [0.2, 0.25) is 0 Å². The molecule has 72 valence electrons. The normalized spacial score (nSPS) is 11.9. The Morgan fingerprint density at radius 1 is 1.42 bits per heavy atom. The average Bonchev–Trinajstić information content (AvgIpc) is 1.99. The van der Waals surface area contributed by atoms with Gasteiger partial charge in [-0.25, -0.2) is 8.42 Å². The Labute approximate surface area is 72.6 Å². The van der Waals surface area contributed by atoms with Gasteiger partial charge >= 0.3 is 0 Å². The van der Waals surface area contributed by atoms with Crippen molar-refractivity contribution in [3.63, 3.8) is 0 Å². The fourth-order valence-electron chi connectivity index (χ4n) is 0.763. The lowest BCUT2D eigenvalue weighted by molar-refractivity contribution is -0.118. The number of primary amides is 1. The first-order valence-electron chi connectivity index (χ1n) is 3.70. The Kier molecular flexibility index (Phi) is 4.19. The summed E-state index contributed by atoms with van der Waals surface area (Å²) in [7, 11) is -3.27. The lowest BCUT2D eigenvalue weighted by Gasteiger charge is -2.16. The SMILES string of the molecule is CCN(CC(N)=O)S(=O)(=O)CC. The summed E-state index contributed by atoms with van der Waals surface area (Å²) in [5.41, 5.74) is 4.88. The summed E-state index contributed by atoms with van der Waals surface area (Å²) in [6.07, 6.45) is 0. The van der Waals surface area contributed by atoms with Crippen molar-refractivity contribution in [2.45, 2.75) is 13.8 Å². The summed E-state index contributed by atoms with van der Waals surface area (Å²) in [4.78, 5) is 10.4. The summed E-state index contributed by atoms with van der Waals surface area (Å²) in [5, 5.41) is 0. The number of hydrogen-bond donors (Lipinski definition) is 1. The molecule has 1 amide bonds. The van der Waals surface area contributed by atoms with Crippen molar-refractivity contribution in [3.05, 3.63) is 0 Å². The summed E-state index contributed by atoms with van der Waals surface area (Å²) >= 11 is 0. The van der Waals surface area contributed by atoms with E-state index >= 15 is 0 Å². The van der Waals surface area contributed by atoms with Crippen molar-refractivity contribution in [3.8, 4) is 0 Å². The van der Waals surface area contributed by atoms with Gasteiger partial charge in [-0.1, -0.05) is 6.92 Å². The first-order valence-corrected chi connectivity index (χ1v) is 5.31. The zero-order valence-corrected chi connectivity index (χ0v) is 8.10. The van der Waals surface area contributed by atoms with Crippen LogP contribution in [0.5, 0.6) is 0 Å². The van der Waals surface area contributed by atoms with Crippen molar-refractivity contribution < 1.29 is 13.2 Å². The van der Waals surface area contributed by atoms with Gasteiger partial charge in [-0.3, -0.25) is 4.79 Å². The highest BCUT2D eigenvalue weighted by Crippen LogP contribution is 1.99. The van der Waals surface area contributed by atoms with Crippen LogP contribution in [0.15, 0.2) is 0 Å². The molecule has 0 rings (SSSR count). The average molecular weight is 194 g/mol. The lowest BCUT2D eigenvalue weighted by Crippen LogP contribution is -2.39. The van der Waals surface area contributed by atoms with E-state index in [9.17, 15) is 13.2 Å². The number of carbonyl (C=O) groups excluding carboxylic acids is 1. The second kappa shape index (κ2) is 4.42. The van der Waals surface area contributed by atoms with Crippen LogP contribution in [0.3, 0.4) is 0 Å². The molecular formula is C6H14N2O3S. The Balaban J connectivity index is 4.46. The van der Waals surface area contributed by atoms with Crippen LogP contribution in [0.1, 0.15) is 13.8 Å². The maximum atomic E-state index is 11.2. The first-order chi connectivity index (χ1) is 5.44. The van der Waals surface area contributed by atoms with Gasteiger partial charge in [0.2, 0.25) is 15.9 Å². The fraction of sp³-hybridized carbons (Fsp3) is 0.833. The van der Waals surface area contributed by atoms with Crippen LogP contribution >= 0.6 is 0 Å². The van der Waals surface area contributed by atoms with Gasteiger partial charge in [0, 0.05) is 6.54 Å². The topological polar surface area (TPSA) is 80.5 Å². The molecule has 0 aliphatic heterocycles. The van der Waals surface area contributed by atoms with Gasteiger partial charge < -0.3 is 5.73 Å². The molecule has 2 N–H and O–H groups in total. The number of rotatable bonds is 5. The van der Waals surface area contributed by atoms with E-state index < -0.39 is 15.9 Å². The molecule has 12 heavy (non-hydrogen) atoms. The predicted octanol–water partition coefficient (Wildman–Crippen LogP) is -0.857. The highest BCUT2D eigenvalue weighted by Gasteiger charge is 2.19. The molecule has 0 aromatic heterocycles. The van der Waals surface area contributed by atoms with Crippen molar-refractivity contribution >= 4 is 15.9 Å². The maximum absolute atomic E-state index is 11.2. The smallest absolute Gasteiger partial charge is 0.232 e. The van der Waals surface area contributed by atoms with Gasteiger partial charge in [0.25, 0.3) is 0 Å². The Morgan fingerprint density at radius 3 is 2.17 bits per heavy atom. The van der Waals surface area contributed by atoms with Crippen molar-refractivity contribution in [2.24, 2.45) is 5.73 Å². The van der Waals surface area contributed by atoms with Gasteiger partial charge in [-0.15, -0.1) is 0 Å². The summed E-state index contributed by atoms with van der Waals surface area (Å²) in [5.74, 6) is -0.637.